The predicted octanol–water partition coefficient (Wildman–Crippen LogP) is 1.86. The highest BCUT2D eigenvalue weighted by molar-refractivity contribution is 14.0. The van der Waals surface area contributed by atoms with Gasteiger partial charge >= 0.3 is 0 Å². The van der Waals surface area contributed by atoms with Crippen molar-refractivity contribution in [3.8, 4) is 0 Å². The molecule has 1 aliphatic rings. The number of hydrogen-bond acceptors (Lipinski definition) is 4. The highest BCUT2D eigenvalue weighted by atomic mass is 127. The molecule has 24 heavy (non-hydrogen) atoms. The van der Waals surface area contributed by atoms with Crippen molar-refractivity contribution in [1.29, 1.82) is 0 Å². The maximum absolute atomic E-state index is 11.5. The van der Waals surface area contributed by atoms with E-state index in [0.29, 0.717) is 18.5 Å². The van der Waals surface area contributed by atoms with E-state index in [4.69, 9.17) is 0 Å². The second kappa shape index (κ2) is 13.2. The molecule has 0 aromatic carbocycles. The van der Waals surface area contributed by atoms with E-state index < -0.39 is 9.84 Å². The van der Waals surface area contributed by atoms with Crippen LogP contribution in [-0.2, 0) is 9.84 Å². The Balaban J connectivity index is 0.00000529. The Morgan fingerprint density at radius 3 is 2.62 bits per heavy atom. The molecule has 1 aliphatic heterocycles. The van der Waals surface area contributed by atoms with Crippen LogP contribution < -0.4 is 10.6 Å². The standard InChI is InChI=1S/C16H34N4O2S.HI/c1-4-17-16(19-11-14-23(21,22)5-2)18-10-8-13-20-12-7-6-9-15(20)3;/h15H,4-14H2,1-3H3,(H2,17,18,19);1H. The summed E-state index contributed by atoms with van der Waals surface area (Å²) < 4.78 is 23.0. The summed E-state index contributed by atoms with van der Waals surface area (Å²) in [5.74, 6) is 1.06. The number of nitrogens with one attached hydrogen (secondary N) is 2. The number of aliphatic imine (C=N–C) groups is 1. The Hall–Kier alpha value is -0.0900. The Morgan fingerprint density at radius 1 is 1.25 bits per heavy atom. The van der Waals surface area contributed by atoms with Gasteiger partial charge in [0, 0.05) is 38.0 Å². The van der Waals surface area contributed by atoms with Gasteiger partial charge in [-0.1, -0.05) is 13.3 Å². The molecule has 0 spiro atoms. The van der Waals surface area contributed by atoms with Crippen LogP contribution in [0.4, 0.5) is 0 Å². The molecule has 1 rings (SSSR count). The Labute approximate surface area is 165 Å². The molecule has 0 saturated carbocycles. The molecule has 1 saturated heterocycles. The predicted molar refractivity (Wildman–Crippen MR) is 113 cm³/mol. The first kappa shape index (κ1) is 23.9. The molecule has 1 heterocycles. The van der Waals surface area contributed by atoms with Crippen LogP contribution in [0.2, 0.25) is 0 Å². The number of sulfone groups is 1. The summed E-state index contributed by atoms with van der Waals surface area (Å²) in [6.07, 6.45) is 5.00. The smallest absolute Gasteiger partial charge is 0.191 e. The molecule has 8 heteroatoms. The first-order valence-corrected chi connectivity index (χ1v) is 10.8. The van der Waals surface area contributed by atoms with E-state index in [2.05, 4.69) is 27.4 Å². The van der Waals surface area contributed by atoms with Crippen molar-refractivity contribution in [2.75, 3.05) is 44.2 Å². The summed E-state index contributed by atoms with van der Waals surface area (Å²) in [4.78, 5) is 7.09. The van der Waals surface area contributed by atoms with E-state index in [-0.39, 0.29) is 35.5 Å². The average molecular weight is 474 g/mol. The monoisotopic (exact) mass is 474 g/mol. The minimum Gasteiger partial charge on any atom is -0.357 e. The summed E-state index contributed by atoms with van der Waals surface area (Å²) >= 11 is 0. The first-order chi connectivity index (χ1) is 11.0. The van der Waals surface area contributed by atoms with E-state index >= 15 is 0 Å². The molecule has 144 valence electrons. The Morgan fingerprint density at radius 2 is 2.00 bits per heavy atom. The van der Waals surface area contributed by atoms with Gasteiger partial charge in [0.25, 0.3) is 0 Å². The first-order valence-electron chi connectivity index (χ1n) is 8.95. The van der Waals surface area contributed by atoms with Gasteiger partial charge in [0.15, 0.2) is 15.8 Å². The zero-order valence-corrected chi connectivity index (χ0v) is 18.5. The van der Waals surface area contributed by atoms with Crippen molar-refractivity contribution in [2.24, 2.45) is 4.99 Å². The van der Waals surface area contributed by atoms with E-state index in [1.807, 2.05) is 6.92 Å². The largest absolute Gasteiger partial charge is 0.357 e. The maximum Gasteiger partial charge on any atom is 0.191 e. The molecular formula is C16H35IN4O2S. The van der Waals surface area contributed by atoms with Crippen molar-refractivity contribution in [2.45, 2.75) is 52.5 Å². The van der Waals surface area contributed by atoms with E-state index in [0.717, 1.165) is 26.1 Å². The molecule has 2 N–H and O–H groups in total. The van der Waals surface area contributed by atoms with Crippen LogP contribution in [-0.4, -0.2) is 69.5 Å². The number of nitrogens with zero attached hydrogens (tertiary/aromatic N) is 2. The van der Waals surface area contributed by atoms with Crippen LogP contribution in [0.1, 0.15) is 46.5 Å². The number of piperidine rings is 1. The number of hydrogen-bond donors (Lipinski definition) is 2. The normalized spacial score (nSPS) is 19.6. The second-order valence-corrected chi connectivity index (χ2v) is 8.63. The SMILES string of the molecule is CCNC(=NCCCN1CCCCC1C)NCCS(=O)(=O)CC.I. The van der Waals surface area contributed by atoms with Crippen molar-refractivity contribution < 1.29 is 8.42 Å². The van der Waals surface area contributed by atoms with E-state index in [9.17, 15) is 8.42 Å². The topological polar surface area (TPSA) is 73.8 Å². The third-order valence-corrected chi connectivity index (χ3v) is 6.01. The van der Waals surface area contributed by atoms with Crippen LogP contribution in [0.15, 0.2) is 4.99 Å². The average Bonchev–Trinajstić information content (AvgIpc) is 2.53. The molecule has 0 aliphatic carbocycles. The zero-order chi connectivity index (χ0) is 17.1. The number of likely N-dealkylation sites (tertiary alicyclic amines) is 1. The highest BCUT2D eigenvalue weighted by Crippen LogP contribution is 2.16. The van der Waals surface area contributed by atoms with Gasteiger partial charge in [-0.2, -0.15) is 0 Å². The fourth-order valence-electron chi connectivity index (χ4n) is 2.77. The molecule has 0 aromatic rings. The van der Waals surface area contributed by atoms with Crippen molar-refractivity contribution in [1.82, 2.24) is 15.5 Å². The summed E-state index contributed by atoms with van der Waals surface area (Å²) in [7, 11) is -2.93. The molecule has 6 nitrogen and oxygen atoms in total. The lowest BCUT2D eigenvalue weighted by atomic mass is 10.0. The summed E-state index contributed by atoms with van der Waals surface area (Å²) in [5.41, 5.74) is 0. The van der Waals surface area contributed by atoms with Crippen LogP contribution in [0.3, 0.4) is 0 Å². The lowest BCUT2D eigenvalue weighted by Gasteiger charge is -2.33. The Kier molecular flexibility index (Phi) is 13.1. The minimum absolute atomic E-state index is 0. The van der Waals surface area contributed by atoms with Gasteiger partial charge in [-0.3, -0.25) is 4.99 Å². The highest BCUT2D eigenvalue weighted by Gasteiger charge is 2.17. The van der Waals surface area contributed by atoms with Gasteiger partial charge in [-0.25, -0.2) is 8.42 Å². The quantitative estimate of drug-likeness (QED) is 0.231. The molecule has 1 atom stereocenters. The van der Waals surface area contributed by atoms with Gasteiger partial charge in [0.05, 0.1) is 5.75 Å². The van der Waals surface area contributed by atoms with Gasteiger partial charge in [0.1, 0.15) is 0 Å². The summed E-state index contributed by atoms with van der Waals surface area (Å²) in [6.45, 7) is 10.2. The van der Waals surface area contributed by atoms with Gasteiger partial charge in [-0.05, 0) is 39.7 Å². The molecule has 0 radical (unpaired) electrons. The van der Waals surface area contributed by atoms with Crippen LogP contribution in [0.25, 0.3) is 0 Å². The third-order valence-electron chi connectivity index (χ3n) is 4.30. The lowest BCUT2D eigenvalue weighted by molar-refractivity contribution is 0.160. The van der Waals surface area contributed by atoms with E-state index in [1.54, 1.807) is 6.92 Å². The van der Waals surface area contributed by atoms with Crippen LogP contribution >= 0.6 is 24.0 Å². The van der Waals surface area contributed by atoms with Crippen molar-refractivity contribution in [3.05, 3.63) is 0 Å². The van der Waals surface area contributed by atoms with Crippen molar-refractivity contribution >= 4 is 39.8 Å². The summed E-state index contributed by atoms with van der Waals surface area (Å²) in [6, 6.07) is 0.693. The Bertz CT molecular complexity index is 457. The van der Waals surface area contributed by atoms with Crippen molar-refractivity contribution in [3.63, 3.8) is 0 Å². The van der Waals surface area contributed by atoms with Gasteiger partial charge in [-0.15, -0.1) is 24.0 Å². The van der Waals surface area contributed by atoms with Gasteiger partial charge < -0.3 is 15.5 Å². The minimum atomic E-state index is -2.93. The van der Waals surface area contributed by atoms with Crippen LogP contribution in [0.5, 0.6) is 0 Å². The zero-order valence-electron chi connectivity index (χ0n) is 15.4. The molecular weight excluding hydrogens is 439 g/mol. The van der Waals surface area contributed by atoms with E-state index in [1.165, 1.54) is 25.8 Å². The lowest BCUT2D eigenvalue weighted by Crippen LogP contribution is -2.40. The molecule has 1 unspecified atom stereocenters. The number of guanidine groups is 1. The van der Waals surface area contributed by atoms with Crippen LogP contribution in [0, 0.1) is 0 Å². The second-order valence-electron chi connectivity index (χ2n) is 6.16. The van der Waals surface area contributed by atoms with Gasteiger partial charge in [0.2, 0.25) is 0 Å². The number of rotatable bonds is 9. The molecule has 0 bridgehead atoms. The molecule has 0 amide bonds. The fourth-order valence-corrected chi connectivity index (χ4v) is 3.47. The maximum atomic E-state index is 11.5. The third kappa shape index (κ3) is 10.0. The fraction of sp³-hybridized carbons (Fsp3) is 0.938. The summed E-state index contributed by atoms with van der Waals surface area (Å²) in [5, 5.41) is 6.27. The number of halogens is 1. The molecule has 1 fully saturated rings. The molecule has 0 aromatic heterocycles.